The van der Waals surface area contributed by atoms with Crippen LogP contribution >= 0.6 is 11.3 Å². The molecule has 21 heavy (non-hydrogen) atoms. The summed E-state index contributed by atoms with van der Waals surface area (Å²) in [6.45, 7) is 1.98. The van der Waals surface area contributed by atoms with Gasteiger partial charge in [0.2, 0.25) is 5.91 Å². The maximum atomic E-state index is 11.7. The molecule has 0 saturated carbocycles. The minimum atomic E-state index is -1.14. The standard InChI is InChI=1S/C15H13NO4S/c1-9-2-4-11(21-9)5-7-14(18)16-12-6-3-10(15(19)20)8-13(12)17/h2-8,17H,1H3,(H,16,18)(H,19,20)/b7-5+. The highest BCUT2D eigenvalue weighted by molar-refractivity contribution is 7.12. The number of rotatable bonds is 4. The number of carbonyl (C=O) groups excluding carboxylic acids is 1. The maximum absolute atomic E-state index is 11.7. The van der Waals surface area contributed by atoms with E-state index in [9.17, 15) is 14.7 Å². The number of phenols is 1. The monoisotopic (exact) mass is 303 g/mol. The number of nitrogens with one attached hydrogen (secondary N) is 1. The molecule has 0 bridgehead atoms. The van der Waals surface area contributed by atoms with E-state index in [1.165, 1.54) is 18.2 Å². The number of carboxylic acid groups (broad SMARTS) is 1. The molecule has 1 aromatic heterocycles. The van der Waals surface area contributed by atoms with Crippen LogP contribution in [0.2, 0.25) is 0 Å². The summed E-state index contributed by atoms with van der Waals surface area (Å²) in [7, 11) is 0. The van der Waals surface area contributed by atoms with Crippen molar-refractivity contribution in [2.45, 2.75) is 6.92 Å². The number of hydrogen-bond donors (Lipinski definition) is 3. The predicted molar refractivity (Wildman–Crippen MR) is 81.8 cm³/mol. The van der Waals surface area contributed by atoms with Crippen LogP contribution in [0.1, 0.15) is 20.1 Å². The second kappa shape index (κ2) is 6.23. The Balaban J connectivity index is 2.06. The highest BCUT2D eigenvalue weighted by Crippen LogP contribution is 2.24. The first kappa shape index (κ1) is 14.8. The van der Waals surface area contributed by atoms with Crippen molar-refractivity contribution in [3.8, 4) is 5.75 Å². The Labute approximate surface area is 125 Å². The molecule has 2 rings (SSSR count). The van der Waals surface area contributed by atoms with E-state index >= 15 is 0 Å². The molecule has 0 fully saturated rings. The molecule has 0 aliphatic heterocycles. The summed E-state index contributed by atoms with van der Waals surface area (Å²) in [6.07, 6.45) is 3.03. The van der Waals surface area contributed by atoms with Crippen LogP contribution < -0.4 is 5.32 Å². The van der Waals surface area contributed by atoms with Crippen molar-refractivity contribution in [3.05, 3.63) is 51.7 Å². The third-order valence-corrected chi connectivity index (χ3v) is 3.63. The molecule has 0 radical (unpaired) electrons. The number of thiophene rings is 1. The topological polar surface area (TPSA) is 86.6 Å². The highest BCUT2D eigenvalue weighted by atomic mass is 32.1. The van der Waals surface area contributed by atoms with E-state index in [2.05, 4.69) is 5.32 Å². The molecule has 0 saturated heterocycles. The van der Waals surface area contributed by atoms with Crippen molar-refractivity contribution >= 4 is 35.0 Å². The Morgan fingerprint density at radius 3 is 2.57 bits per heavy atom. The SMILES string of the molecule is Cc1ccc(/C=C/C(=O)Nc2ccc(C(=O)O)cc2O)s1. The number of phenolic OH excluding ortho intramolecular Hbond substituents is 1. The van der Waals surface area contributed by atoms with Gasteiger partial charge in [0.15, 0.2) is 0 Å². The number of benzene rings is 1. The fourth-order valence-electron chi connectivity index (χ4n) is 1.65. The first-order valence-electron chi connectivity index (χ1n) is 6.07. The fourth-order valence-corrected chi connectivity index (χ4v) is 2.43. The van der Waals surface area contributed by atoms with Crippen molar-refractivity contribution < 1.29 is 19.8 Å². The van der Waals surface area contributed by atoms with Gasteiger partial charge in [-0.05, 0) is 43.3 Å². The summed E-state index contributed by atoms with van der Waals surface area (Å²) in [6, 6.07) is 7.61. The minimum Gasteiger partial charge on any atom is -0.506 e. The van der Waals surface area contributed by atoms with E-state index in [0.717, 1.165) is 15.8 Å². The lowest BCUT2D eigenvalue weighted by Crippen LogP contribution is -2.08. The number of hydrogen-bond acceptors (Lipinski definition) is 4. The van der Waals surface area contributed by atoms with Gasteiger partial charge in [-0.1, -0.05) is 0 Å². The van der Waals surface area contributed by atoms with Gasteiger partial charge >= 0.3 is 5.97 Å². The summed E-state index contributed by atoms with van der Waals surface area (Å²) >= 11 is 1.56. The van der Waals surface area contributed by atoms with Crippen LogP contribution in [-0.4, -0.2) is 22.1 Å². The van der Waals surface area contributed by atoms with Crippen LogP contribution in [0.25, 0.3) is 6.08 Å². The Kier molecular flexibility index (Phi) is 4.39. The summed E-state index contributed by atoms with van der Waals surface area (Å²) in [4.78, 5) is 24.6. The quantitative estimate of drug-likeness (QED) is 0.598. The highest BCUT2D eigenvalue weighted by Gasteiger charge is 2.08. The van der Waals surface area contributed by atoms with Gasteiger partial charge in [-0.2, -0.15) is 0 Å². The van der Waals surface area contributed by atoms with Gasteiger partial charge in [0, 0.05) is 15.8 Å². The van der Waals surface area contributed by atoms with E-state index < -0.39 is 11.9 Å². The van der Waals surface area contributed by atoms with E-state index in [-0.39, 0.29) is 17.0 Å². The van der Waals surface area contributed by atoms with E-state index in [0.29, 0.717) is 0 Å². The van der Waals surface area contributed by atoms with E-state index in [4.69, 9.17) is 5.11 Å². The summed E-state index contributed by atoms with van der Waals surface area (Å²) in [5.41, 5.74) is 0.118. The number of carboxylic acids is 1. The van der Waals surface area contributed by atoms with Crippen LogP contribution in [0.4, 0.5) is 5.69 Å². The Morgan fingerprint density at radius 2 is 2.00 bits per heavy atom. The first-order chi connectivity index (χ1) is 9.95. The Hall–Kier alpha value is -2.60. The minimum absolute atomic E-state index is 0.0462. The smallest absolute Gasteiger partial charge is 0.335 e. The summed E-state index contributed by atoms with van der Waals surface area (Å²) < 4.78 is 0. The molecule has 6 heteroatoms. The van der Waals surface area contributed by atoms with Crippen LogP contribution in [0, 0.1) is 6.92 Å². The van der Waals surface area contributed by atoms with E-state index in [1.54, 1.807) is 17.4 Å². The van der Waals surface area contributed by atoms with Crippen molar-refractivity contribution in [1.29, 1.82) is 0 Å². The number of carbonyl (C=O) groups is 2. The summed E-state index contributed by atoms with van der Waals surface area (Å²) in [5, 5.41) is 21.0. The zero-order valence-electron chi connectivity index (χ0n) is 11.2. The van der Waals surface area contributed by atoms with Gasteiger partial charge in [0.1, 0.15) is 5.75 Å². The number of amides is 1. The third kappa shape index (κ3) is 3.93. The van der Waals surface area contributed by atoms with Crippen molar-refractivity contribution in [1.82, 2.24) is 0 Å². The molecule has 108 valence electrons. The molecular formula is C15H13NO4S. The molecule has 1 heterocycles. The van der Waals surface area contributed by atoms with Crippen molar-refractivity contribution in [3.63, 3.8) is 0 Å². The third-order valence-electron chi connectivity index (χ3n) is 2.66. The van der Waals surface area contributed by atoms with Crippen molar-refractivity contribution in [2.75, 3.05) is 5.32 Å². The van der Waals surface area contributed by atoms with Crippen LogP contribution in [-0.2, 0) is 4.79 Å². The van der Waals surface area contributed by atoms with Crippen molar-refractivity contribution in [2.24, 2.45) is 0 Å². The molecule has 1 aromatic carbocycles. The second-order valence-electron chi connectivity index (χ2n) is 4.31. The molecular weight excluding hydrogens is 290 g/mol. The van der Waals surface area contributed by atoms with Gasteiger partial charge in [-0.3, -0.25) is 4.79 Å². The number of aryl methyl sites for hydroxylation is 1. The molecule has 5 nitrogen and oxygen atoms in total. The first-order valence-corrected chi connectivity index (χ1v) is 6.89. The van der Waals surface area contributed by atoms with Crippen LogP contribution in [0.15, 0.2) is 36.4 Å². The Morgan fingerprint density at radius 1 is 1.24 bits per heavy atom. The molecule has 0 atom stereocenters. The lowest BCUT2D eigenvalue weighted by atomic mass is 10.2. The summed E-state index contributed by atoms with van der Waals surface area (Å²) in [5.74, 6) is -1.83. The average molecular weight is 303 g/mol. The largest absolute Gasteiger partial charge is 0.506 e. The molecule has 3 N–H and O–H groups in total. The number of aromatic hydroxyl groups is 1. The average Bonchev–Trinajstić information content (AvgIpc) is 2.84. The zero-order valence-corrected chi connectivity index (χ0v) is 12.0. The van der Waals surface area contributed by atoms with Crippen LogP contribution in [0.5, 0.6) is 5.75 Å². The molecule has 0 aliphatic carbocycles. The normalized spacial score (nSPS) is 10.7. The lowest BCUT2D eigenvalue weighted by molar-refractivity contribution is -0.111. The zero-order chi connectivity index (χ0) is 15.4. The maximum Gasteiger partial charge on any atom is 0.335 e. The van der Waals surface area contributed by atoms with Gasteiger partial charge in [0.25, 0.3) is 0 Å². The molecule has 0 unspecified atom stereocenters. The molecule has 0 aliphatic rings. The molecule has 1 amide bonds. The van der Waals surface area contributed by atoms with Gasteiger partial charge in [-0.25, -0.2) is 4.79 Å². The fraction of sp³-hybridized carbons (Fsp3) is 0.0667. The van der Waals surface area contributed by atoms with Gasteiger partial charge < -0.3 is 15.5 Å². The second-order valence-corrected chi connectivity index (χ2v) is 5.63. The molecule has 2 aromatic rings. The predicted octanol–water partition coefficient (Wildman–Crippen LogP) is 3.11. The van der Waals surface area contributed by atoms with Gasteiger partial charge in [0.05, 0.1) is 11.3 Å². The number of aromatic carboxylic acids is 1. The van der Waals surface area contributed by atoms with E-state index in [1.807, 2.05) is 19.1 Å². The Bertz CT molecular complexity index is 718. The number of anilines is 1. The van der Waals surface area contributed by atoms with Gasteiger partial charge in [-0.15, -0.1) is 11.3 Å². The molecule has 0 spiro atoms. The van der Waals surface area contributed by atoms with Crippen LogP contribution in [0.3, 0.4) is 0 Å². The lowest BCUT2D eigenvalue weighted by Gasteiger charge is -2.05.